The minimum atomic E-state index is -4.32. The summed E-state index contributed by atoms with van der Waals surface area (Å²) in [5.41, 5.74) is -0.419. The average Bonchev–Trinajstić information content (AvgIpc) is 2.85. The van der Waals surface area contributed by atoms with Crippen LogP contribution in [0.15, 0.2) is 29.2 Å². The van der Waals surface area contributed by atoms with Crippen LogP contribution in [-0.2, 0) is 16.4 Å². The summed E-state index contributed by atoms with van der Waals surface area (Å²) < 4.78 is 39.8. The number of aryl methyl sites for hydroxylation is 1. The first-order valence-electron chi connectivity index (χ1n) is 5.85. The molecule has 0 unspecified atom stereocenters. The van der Waals surface area contributed by atoms with Gasteiger partial charge in [-0.15, -0.1) is 0 Å². The Morgan fingerprint density at radius 1 is 1.48 bits per heavy atom. The van der Waals surface area contributed by atoms with E-state index in [9.17, 15) is 22.9 Å². The van der Waals surface area contributed by atoms with Crippen molar-refractivity contribution in [2.75, 3.05) is 4.72 Å². The van der Waals surface area contributed by atoms with Gasteiger partial charge in [0, 0.05) is 11.8 Å². The van der Waals surface area contributed by atoms with Gasteiger partial charge in [0.05, 0.1) is 4.92 Å². The Morgan fingerprint density at radius 3 is 2.76 bits per heavy atom. The third-order valence-electron chi connectivity index (χ3n) is 2.67. The van der Waals surface area contributed by atoms with Gasteiger partial charge in [-0.1, -0.05) is 13.0 Å². The van der Waals surface area contributed by atoms with E-state index in [4.69, 9.17) is 0 Å². The Bertz CT molecular complexity index is 787. The minimum Gasteiger partial charge on any atom is -0.280 e. The van der Waals surface area contributed by atoms with Gasteiger partial charge in [0.15, 0.2) is 10.7 Å². The number of H-pyrrole nitrogens is 1. The summed E-state index contributed by atoms with van der Waals surface area (Å²) in [6, 6.07) is 4.30. The fourth-order valence-electron chi connectivity index (χ4n) is 1.68. The molecule has 0 saturated carbocycles. The molecule has 0 bridgehead atoms. The average molecular weight is 314 g/mol. The highest BCUT2D eigenvalue weighted by Crippen LogP contribution is 2.28. The summed E-state index contributed by atoms with van der Waals surface area (Å²) >= 11 is 0. The Balaban J connectivity index is 2.45. The van der Waals surface area contributed by atoms with Crippen LogP contribution in [0.1, 0.15) is 12.6 Å². The van der Waals surface area contributed by atoms with Gasteiger partial charge >= 0.3 is 5.69 Å². The third-order valence-corrected chi connectivity index (χ3v) is 4.06. The van der Waals surface area contributed by atoms with Crippen molar-refractivity contribution in [3.05, 3.63) is 45.9 Å². The lowest BCUT2D eigenvalue weighted by Gasteiger charge is -2.06. The van der Waals surface area contributed by atoms with E-state index < -0.39 is 31.3 Å². The lowest BCUT2D eigenvalue weighted by Crippen LogP contribution is -2.15. The first-order chi connectivity index (χ1) is 9.85. The highest BCUT2D eigenvalue weighted by molar-refractivity contribution is 7.92. The summed E-state index contributed by atoms with van der Waals surface area (Å²) in [5.74, 6) is -1.25. The molecular formula is C11H11FN4O4S. The second kappa shape index (κ2) is 5.48. The normalized spacial score (nSPS) is 11.3. The molecule has 0 fully saturated rings. The van der Waals surface area contributed by atoms with Gasteiger partial charge in [-0.3, -0.25) is 19.9 Å². The first kappa shape index (κ1) is 14.9. The number of anilines is 1. The van der Waals surface area contributed by atoms with Crippen LogP contribution in [0.3, 0.4) is 0 Å². The first-order valence-corrected chi connectivity index (χ1v) is 7.33. The molecule has 0 atom stereocenters. The van der Waals surface area contributed by atoms with Crippen LogP contribution in [0, 0.1) is 15.9 Å². The summed E-state index contributed by atoms with van der Waals surface area (Å²) in [7, 11) is -4.32. The number of nitrogens with zero attached hydrogens (tertiary/aromatic N) is 2. The molecule has 0 radical (unpaired) electrons. The maximum Gasteiger partial charge on any atom is 0.325 e. The molecule has 1 aromatic carbocycles. The number of nitro groups is 1. The number of aromatic nitrogens is 2. The van der Waals surface area contributed by atoms with Gasteiger partial charge in [-0.05, 0) is 18.6 Å². The molecule has 1 aromatic heterocycles. The Kier molecular flexibility index (Phi) is 3.89. The number of rotatable bonds is 5. The van der Waals surface area contributed by atoms with Crippen molar-refractivity contribution in [1.29, 1.82) is 0 Å². The monoisotopic (exact) mass is 314 g/mol. The van der Waals surface area contributed by atoms with Crippen LogP contribution in [0.5, 0.6) is 0 Å². The molecule has 0 saturated heterocycles. The SMILES string of the molecule is CCc1cc(NS(=O)(=O)c2cccc(F)c2[N+](=O)[O-])n[nH]1. The van der Waals surface area contributed by atoms with Crippen LogP contribution in [0.4, 0.5) is 15.9 Å². The molecule has 0 aliphatic heterocycles. The van der Waals surface area contributed by atoms with E-state index in [-0.39, 0.29) is 5.82 Å². The molecule has 0 spiro atoms. The molecule has 8 nitrogen and oxygen atoms in total. The maximum absolute atomic E-state index is 13.5. The van der Waals surface area contributed by atoms with E-state index in [1.54, 1.807) is 0 Å². The third kappa shape index (κ3) is 2.99. The van der Waals surface area contributed by atoms with E-state index in [0.29, 0.717) is 12.1 Å². The van der Waals surface area contributed by atoms with E-state index in [0.717, 1.165) is 18.2 Å². The molecule has 2 N–H and O–H groups in total. The predicted molar refractivity (Wildman–Crippen MR) is 71.8 cm³/mol. The van der Waals surface area contributed by atoms with Crippen molar-refractivity contribution in [1.82, 2.24) is 10.2 Å². The highest BCUT2D eigenvalue weighted by atomic mass is 32.2. The fourth-order valence-corrected chi connectivity index (χ4v) is 2.85. The van der Waals surface area contributed by atoms with E-state index >= 15 is 0 Å². The van der Waals surface area contributed by atoms with Crippen molar-refractivity contribution in [2.24, 2.45) is 0 Å². The minimum absolute atomic E-state index is 0.0228. The number of hydrogen-bond acceptors (Lipinski definition) is 5. The van der Waals surface area contributed by atoms with Gasteiger partial charge in [0.1, 0.15) is 0 Å². The molecule has 21 heavy (non-hydrogen) atoms. The van der Waals surface area contributed by atoms with Gasteiger partial charge < -0.3 is 0 Å². The summed E-state index contributed by atoms with van der Waals surface area (Å²) in [5, 5.41) is 17.2. The lowest BCUT2D eigenvalue weighted by molar-refractivity contribution is -0.390. The second-order valence-electron chi connectivity index (χ2n) is 4.08. The number of hydrogen-bond donors (Lipinski definition) is 2. The van der Waals surface area contributed by atoms with Gasteiger partial charge in [-0.2, -0.15) is 9.49 Å². The molecule has 0 aliphatic rings. The van der Waals surface area contributed by atoms with Crippen LogP contribution in [-0.4, -0.2) is 23.5 Å². The molecule has 0 aliphatic carbocycles. The zero-order valence-electron chi connectivity index (χ0n) is 10.8. The number of nitro benzene ring substituents is 1. The van der Waals surface area contributed by atoms with Crippen molar-refractivity contribution >= 4 is 21.5 Å². The number of benzene rings is 1. The van der Waals surface area contributed by atoms with Gasteiger partial charge in [0.2, 0.25) is 5.82 Å². The van der Waals surface area contributed by atoms with Crippen molar-refractivity contribution in [3.8, 4) is 0 Å². The second-order valence-corrected chi connectivity index (χ2v) is 5.73. The molecule has 2 rings (SSSR count). The maximum atomic E-state index is 13.5. The molecule has 1 heterocycles. The Labute approximate surface area is 119 Å². The number of sulfonamides is 1. The lowest BCUT2D eigenvalue weighted by atomic mass is 10.3. The van der Waals surface area contributed by atoms with Crippen molar-refractivity contribution in [2.45, 2.75) is 18.2 Å². The molecule has 112 valence electrons. The zero-order chi connectivity index (χ0) is 15.6. The Morgan fingerprint density at radius 2 is 2.19 bits per heavy atom. The molecule has 0 amide bonds. The van der Waals surface area contributed by atoms with Crippen LogP contribution in [0.25, 0.3) is 0 Å². The van der Waals surface area contributed by atoms with Gasteiger partial charge in [0.25, 0.3) is 10.0 Å². The van der Waals surface area contributed by atoms with Crippen LogP contribution < -0.4 is 4.72 Å². The zero-order valence-corrected chi connectivity index (χ0v) is 11.6. The van der Waals surface area contributed by atoms with E-state index in [1.807, 2.05) is 6.92 Å². The highest BCUT2D eigenvalue weighted by Gasteiger charge is 2.29. The van der Waals surface area contributed by atoms with E-state index in [1.165, 1.54) is 6.07 Å². The predicted octanol–water partition coefficient (Wildman–Crippen LogP) is 1.82. The summed E-state index contributed by atoms with van der Waals surface area (Å²) in [6.07, 6.45) is 0.606. The fraction of sp³-hybridized carbons (Fsp3) is 0.182. The number of aromatic amines is 1. The Hall–Kier alpha value is -2.49. The molecule has 2 aromatic rings. The number of nitrogens with one attached hydrogen (secondary N) is 2. The van der Waals surface area contributed by atoms with Crippen LogP contribution in [0.2, 0.25) is 0 Å². The quantitative estimate of drug-likeness (QED) is 0.644. The standard InChI is InChI=1S/C11H11FN4O4S/c1-2-7-6-10(14-13-7)15-21(19,20)9-5-3-4-8(12)11(9)16(17)18/h3-6H,2H2,1H3,(H2,13,14,15). The largest absolute Gasteiger partial charge is 0.325 e. The van der Waals surface area contributed by atoms with Crippen LogP contribution >= 0.6 is 0 Å². The molecular weight excluding hydrogens is 303 g/mol. The van der Waals surface area contributed by atoms with Crippen molar-refractivity contribution in [3.63, 3.8) is 0 Å². The number of para-hydroxylation sites is 1. The smallest absolute Gasteiger partial charge is 0.280 e. The van der Waals surface area contributed by atoms with E-state index in [2.05, 4.69) is 14.9 Å². The van der Waals surface area contributed by atoms with Gasteiger partial charge in [-0.25, -0.2) is 8.42 Å². The number of halogens is 1. The van der Waals surface area contributed by atoms with Crippen molar-refractivity contribution < 1.29 is 17.7 Å². The summed E-state index contributed by atoms with van der Waals surface area (Å²) in [4.78, 5) is 9.01. The topological polar surface area (TPSA) is 118 Å². The summed E-state index contributed by atoms with van der Waals surface area (Å²) in [6.45, 7) is 1.84. The molecule has 10 heteroatoms.